The van der Waals surface area contributed by atoms with Gasteiger partial charge in [-0.05, 0) is 19.8 Å². The molecule has 0 aromatic heterocycles. The van der Waals surface area contributed by atoms with Gasteiger partial charge in [0.15, 0.2) is 0 Å². The van der Waals surface area contributed by atoms with Crippen LogP contribution in [0.5, 0.6) is 0 Å². The van der Waals surface area contributed by atoms with E-state index in [4.69, 9.17) is 4.74 Å². The molecule has 2 fully saturated rings. The van der Waals surface area contributed by atoms with Gasteiger partial charge in [0.1, 0.15) is 0 Å². The lowest BCUT2D eigenvalue weighted by atomic mass is 10.3. The van der Waals surface area contributed by atoms with Gasteiger partial charge < -0.3 is 4.74 Å². The van der Waals surface area contributed by atoms with Crippen molar-refractivity contribution in [2.45, 2.75) is 25.8 Å². The molecule has 0 saturated carbocycles. The first-order valence-electron chi connectivity index (χ1n) is 6.66. The number of hydrogen-bond acceptors (Lipinski definition) is 4. The molecule has 2 heterocycles. The predicted octanol–water partition coefficient (Wildman–Crippen LogP) is -0.363. The van der Waals surface area contributed by atoms with Crippen molar-refractivity contribution in [3.63, 3.8) is 0 Å². The van der Waals surface area contributed by atoms with Crippen molar-refractivity contribution in [3.8, 4) is 0 Å². The molecule has 18 heavy (non-hydrogen) atoms. The van der Waals surface area contributed by atoms with E-state index in [-0.39, 0.29) is 6.04 Å². The van der Waals surface area contributed by atoms with E-state index in [1.54, 1.807) is 4.31 Å². The zero-order chi connectivity index (χ0) is 13.0. The van der Waals surface area contributed by atoms with Gasteiger partial charge in [0.25, 0.3) is 10.2 Å². The Morgan fingerprint density at radius 2 is 2.00 bits per heavy atom. The second-order valence-electron chi connectivity index (χ2n) is 4.96. The van der Waals surface area contributed by atoms with Crippen LogP contribution in [-0.2, 0) is 14.9 Å². The fourth-order valence-corrected chi connectivity index (χ4v) is 3.97. The highest BCUT2D eigenvalue weighted by Gasteiger charge is 2.30. The summed E-state index contributed by atoms with van der Waals surface area (Å²) in [4.78, 5) is 2.22. The highest BCUT2D eigenvalue weighted by Crippen LogP contribution is 2.19. The van der Waals surface area contributed by atoms with E-state index in [1.807, 2.05) is 6.92 Å². The normalized spacial score (nSPS) is 27.7. The maximum absolute atomic E-state index is 12.1. The molecule has 0 radical (unpaired) electrons. The van der Waals surface area contributed by atoms with Gasteiger partial charge in [0.05, 0.1) is 13.2 Å². The fourth-order valence-electron chi connectivity index (χ4n) is 2.50. The Morgan fingerprint density at radius 1 is 1.28 bits per heavy atom. The average Bonchev–Trinajstić information content (AvgIpc) is 2.77. The summed E-state index contributed by atoms with van der Waals surface area (Å²) in [6.45, 7) is 7.12. The highest BCUT2D eigenvalue weighted by molar-refractivity contribution is 7.87. The van der Waals surface area contributed by atoms with Crippen LogP contribution >= 0.6 is 0 Å². The molecule has 7 heteroatoms. The lowest BCUT2D eigenvalue weighted by molar-refractivity contribution is 0.0390. The van der Waals surface area contributed by atoms with Gasteiger partial charge in [-0.3, -0.25) is 4.90 Å². The van der Waals surface area contributed by atoms with E-state index in [2.05, 4.69) is 9.62 Å². The molecular weight excluding hydrogens is 254 g/mol. The summed E-state index contributed by atoms with van der Waals surface area (Å²) in [5.41, 5.74) is 0. The SMILES string of the molecule is CC1CCCN1S(=O)(=O)NCCN1CCOCC1. The van der Waals surface area contributed by atoms with Crippen molar-refractivity contribution < 1.29 is 13.2 Å². The van der Waals surface area contributed by atoms with Crippen LogP contribution in [0.15, 0.2) is 0 Å². The molecular formula is C11H23N3O3S. The Balaban J connectivity index is 1.74. The number of morpholine rings is 1. The van der Waals surface area contributed by atoms with Crippen LogP contribution in [0.4, 0.5) is 0 Å². The first-order chi connectivity index (χ1) is 8.59. The molecule has 0 aliphatic carbocycles. The second-order valence-corrected chi connectivity index (χ2v) is 6.66. The van der Waals surface area contributed by atoms with E-state index in [9.17, 15) is 8.42 Å². The van der Waals surface area contributed by atoms with Crippen LogP contribution in [-0.4, -0.2) is 69.6 Å². The molecule has 106 valence electrons. The summed E-state index contributed by atoms with van der Waals surface area (Å²) in [5, 5.41) is 0. The third kappa shape index (κ3) is 3.64. The number of nitrogens with one attached hydrogen (secondary N) is 1. The van der Waals surface area contributed by atoms with Crippen molar-refractivity contribution >= 4 is 10.2 Å². The lowest BCUT2D eigenvalue weighted by Gasteiger charge is -2.27. The molecule has 0 aromatic carbocycles. The Bertz CT molecular complexity index is 355. The smallest absolute Gasteiger partial charge is 0.279 e. The van der Waals surface area contributed by atoms with E-state index in [1.165, 1.54) is 0 Å². The second kappa shape index (κ2) is 6.29. The minimum atomic E-state index is -3.28. The van der Waals surface area contributed by atoms with Gasteiger partial charge in [-0.25, -0.2) is 4.72 Å². The Morgan fingerprint density at radius 3 is 2.61 bits per heavy atom. The van der Waals surface area contributed by atoms with Gasteiger partial charge in [0, 0.05) is 38.8 Å². The molecule has 2 saturated heterocycles. The molecule has 1 N–H and O–H groups in total. The number of hydrogen-bond donors (Lipinski definition) is 1. The quantitative estimate of drug-likeness (QED) is 0.745. The summed E-state index contributed by atoms with van der Waals surface area (Å²) in [6, 6.07) is 0.130. The van der Waals surface area contributed by atoms with Crippen molar-refractivity contribution in [2.75, 3.05) is 45.9 Å². The summed E-state index contributed by atoms with van der Waals surface area (Å²) in [7, 11) is -3.28. The number of ether oxygens (including phenoxy) is 1. The maximum atomic E-state index is 12.1. The van der Waals surface area contributed by atoms with Crippen LogP contribution in [0, 0.1) is 0 Å². The molecule has 0 amide bonds. The first-order valence-corrected chi connectivity index (χ1v) is 8.10. The Kier molecular flexibility index (Phi) is 4.97. The first kappa shape index (κ1) is 14.2. The summed E-state index contributed by atoms with van der Waals surface area (Å²) in [6.07, 6.45) is 1.93. The zero-order valence-corrected chi connectivity index (χ0v) is 11.8. The van der Waals surface area contributed by atoms with Crippen LogP contribution in [0.2, 0.25) is 0 Å². The van der Waals surface area contributed by atoms with Crippen molar-refractivity contribution in [2.24, 2.45) is 0 Å². The molecule has 0 spiro atoms. The number of rotatable bonds is 5. The monoisotopic (exact) mass is 277 g/mol. The molecule has 0 aromatic rings. The van der Waals surface area contributed by atoms with Crippen molar-refractivity contribution in [1.82, 2.24) is 13.9 Å². The summed E-state index contributed by atoms with van der Waals surface area (Å²) in [5.74, 6) is 0. The molecule has 1 unspecified atom stereocenters. The van der Waals surface area contributed by atoms with Crippen LogP contribution in [0.1, 0.15) is 19.8 Å². The van der Waals surface area contributed by atoms with Gasteiger partial charge in [-0.15, -0.1) is 0 Å². The molecule has 6 nitrogen and oxygen atoms in total. The molecule has 2 aliphatic rings. The van der Waals surface area contributed by atoms with E-state index in [0.29, 0.717) is 13.1 Å². The summed E-state index contributed by atoms with van der Waals surface area (Å²) >= 11 is 0. The van der Waals surface area contributed by atoms with Crippen LogP contribution in [0.25, 0.3) is 0 Å². The van der Waals surface area contributed by atoms with Gasteiger partial charge in [0.2, 0.25) is 0 Å². The van der Waals surface area contributed by atoms with E-state index in [0.717, 1.165) is 45.7 Å². The molecule has 2 aliphatic heterocycles. The highest BCUT2D eigenvalue weighted by atomic mass is 32.2. The number of nitrogens with zero attached hydrogens (tertiary/aromatic N) is 2. The fraction of sp³-hybridized carbons (Fsp3) is 1.00. The maximum Gasteiger partial charge on any atom is 0.279 e. The third-order valence-electron chi connectivity index (χ3n) is 3.62. The largest absolute Gasteiger partial charge is 0.379 e. The van der Waals surface area contributed by atoms with Crippen LogP contribution < -0.4 is 4.72 Å². The minimum Gasteiger partial charge on any atom is -0.379 e. The molecule has 2 rings (SSSR count). The Hall–Kier alpha value is -0.210. The van der Waals surface area contributed by atoms with E-state index >= 15 is 0 Å². The lowest BCUT2D eigenvalue weighted by Crippen LogP contribution is -2.46. The van der Waals surface area contributed by atoms with Gasteiger partial charge in [-0.1, -0.05) is 0 Å². The third-order valence-corrected chi connectivity index (χ3v) is 5.35. The van der Waals surface area contributed by atoms with Crippen molar-refractivity contribution in [3.05, 3.63) is 0 Å². The summed E-state index contributed by atoms with van der Waals surface area (Å²) < 4.78 is 33.6. The average molecular weight is 277 g/mol. The predicted molar refractivity (Wildman–Crippen MR) is 69.6 cm³/mol. The minimum absolute atomic E-state index is 0.130. The topological polar surface area (TPSA) is 61.9 Å². The Labute approximate surface area is 109 Å². The van der Waals surface area contributed by atoms with Gasteiger partial charge in [-0.2, -0.15) is 12.7 Å². The molecule has 1 atom stereocenters. The van der Waals surface area contributed by atoms with Crippen molar-refractivity contribution in [1.29, 1.82) is 0 Å². The van der Waals surface area contributed by atoms with Gasteiger partial charge >= 0.3 is 0 Å². The standard InChI is InChI=1S/C11H23N3O3S/c1-11-3-2-5-14(11)18(15,16)12-4-6-13-7-9-17-10-8-13/h11-12H,2-10H2,1H3. The zero-order valence-electron chi connectivity index (χ0n) is 11.0. The van der Waals surface area contributed by atoms with E-state index < -0.39 is 10.2 Å². The van der Waals surface area contributed by atoms with Crippen LogP contribution in [0.3, 0.4) is 0 Å². The molecule has 0 bridgehead atoms.